The van der Waals surface area contributed by atoms with Crippen LogP contribution in [0, 0.1) is 0 Å². The van der Waals surface area contributed by atoms with Crippen LogP contribution in [0.1, 0.15) is 17.0 Å². The fourth-order valence-corrected chi connectivity index (χ4v) is 0.978. The van der Waals surface area contributed by atoms with Crippen LogP contribution >= 0.6 is 0 Å². The molecule has 1 rings (SSSR count). The van der Waals surface area contributed by atoms with Gasteiger partial charge < -0.3 is 5.11 Å². The van der Waals surface area contributed by atoms with Crippen LogP contribution in [-0.2, 0) is 19.0 Å². The molecule has 1 N–H and O–H groups in total. The monoisotopic (exact) mass is 245 g/mol. The molecular formula is C8H5F6NO. The number of hydrogen-bond donors (Lipinski definition) is 1. The average molecular weight is 245 g/mol. The van der Waals surface area contributed by atoms with Crippen LogP contribution in [0.15, 0.2) is 12.1 Å². The lowest BCUT2D eigenvalue weighted by molar-refractivity contribution is -0.145. The maximum absolute atomic E-state index is 12.2. The Balaban J connectivity index is 3.33. The summed E-state index contributed by atoms with van der Waals surface area (Å²) in [5.74, 6) is 0. The molecule has 0 radical (unpaired) electrons. The third-order valence-electron chi connectivity index (χ3n) is 1.66. The molecule has 0 saturated carbocycles. The normalized spacial score (nSPS) is 12.9. The van der Waals surface area contributed by atoms with Gasteiger partial charge in [-0.05, 0) is 12.1 Å². The minimum Gasteiger partial charge on any atom is -0.390 e. The molecule has 0 fully saturated rings. The number of aromatic nitrogens is 1. The molecule has 0 aliphatic carbocycles. The molecule has 16 heavy (non-hydrogen) atoms. The largest absolute Gasteiger partial charge is 0.433 e. The standard InChI is InChI=1S/C8H5F6NO/c9-7(10,11)4-1-5(3-16)15-6(2-4)8(12,13)14/h1-2,16H,3H2. The van der Waals surface area contributed by atoms with Crippen molar-refractivity contribution in [3.8, 4) is 0 Å². The van der Waals surface area contributed by atoms with Crippen molar-refractivity contribution in [3.05, 3.63) is 29.1 Å². The number of pyridine rings is 1. The summed E-state index contributed by atoms with van der Waals surface area (Å²) in [5, 5.41) is 8.52. The molecule has 90 valence electrons. The lowest BCUT2D eigenvalue weighted by Crippen LogP contribution is -2.14. The predicted molar refractivity (Wildman–Crippen MR) is 40.2 cm³/mol. The summed E-state index contributed by atoms with van der Waals surface area (Å²) in [4.78, 5) is 2.86. The highest BCUT2D eigenvalue weighted by Crippen LogP contribution is 2.34. The second-order valence-corrected chi connectivity index (χ2v) is 2.89. The Hall–Kier alpha value is -1.31. The van der Waals surface area contributed by atoms with Gasteiger partial charge in [-0.3, -0.25) is 0 Å². The van der Waals surface area contributed by atoms with E-state index in [9.17, 15) is 26.3 Å². The lowest BCUT2D eigenvalue weighted by atomic mass is 10.2. The van der Waals surface area contributed by atoms with Crippen LogP contribution in [0.25, 0.3) is 0 Å². The molecule has 1 aromatic rings. The molecule has 0 amide bonds. The molecule has 0 aliphatic rings. The van der Waals surface area contributed by atoms with E-state index >= 15 is 0 Å². The maximum Gasteiger partial charge on any atom is 0.433 e. The Bertz CT molecular complexity index is 351. The van der Waals surface area contributed by atoms with Gasteiger partial charge in [-0.25, -0.2) is 4.98 Å². The molecule has 0 saturated heterocycles. The van der Waals surface area contributed by atoms with Gasteiger partial charge in [0.05, 0.1) is 17.9 Å². The number of hydrogen-bond acceptors (Lipinski definition) is 2. The Morgan fingerprint density at radius 1 is 1.00 bits per heavy atom. The summed E-state index contributed by atoms with van der Waals surface area (Å²) in [5.41, 5.74) is -3.84. The van der Waals surface area contributed by atoms with Gasteiger partial charge in [-0.1, -0.05) is 0 Å². The van der Waals surface area contributed by atoms with Crippen molar-refractivity contribution in [2.24, 2.45) is 0 Å². The van der Waals surface area contributed by atoms with Crippen molar-refractivity contribution >= 4 is 0 Å². The van der Waals surface area contributed by atoms with E-state index in [1.165, 1.54) is 0 Å². The SMILES string of the molecule is OCc1cc(C(F)(F)F)cc(C(F)(F)F)n1. The number of alkyl halides is 6. The third kappa shape index (κ3) is 2.84. The molecule has 0 unspecified atom stereocenters. The van der Waals surface area contributed by atoms with Gasteiger partial charge in [-0.2, -0.15) is 26.3 Å². The van der Waals surface area contributed by atoms with E-state index in [0.29, 0.717) is 6.07 Å². The van der Waals surface area contributed by atoms with Gasteiger partial charge in [0.2, 0.25) is 0 Å². The molecule has 1 aromatic heterocycles. The fraction of sp³-hybridized carbons (Fsp3) is 0.375. The Kier molecular flexibility index (Phi) is 3.13. The summed E-state index contributed by atoms with van der Waals surface area (Å²) in [6.07, 6.45) is -9.89. The summed E-state index contributed by atoms with van der Waals surface area (Å²) >= 11 is 0. The van der Waals surface area contributed by atoms with E-state index in [4.69, 9.17) is 5.11 Å². The zero-order valence-corrected chi connectivity index (χ0v) is 7.52. The molecule has 0 aliphatic heterocycles. The highest BCUT2D eigenvalue weighted by molar-refractivity contribution is 5.25. The second kappa shape index (κ2) is 3.93. The van der Waals surface area contributed by atoms with Crippen LogP contribution < -0.4 is 0 Å². The first-order valence-corrected chi connectivity index (χ1v) is 3.91. The first-order valence-electron chi connectivity index (χ1n) is 3.91. The van der Waals surface area contributed by atoms with Crippen molar-refractivity contribution < 1.29 is 31.4 Å². The van der Waals surface area contributed by atoms with Crippen LogP contribution in [0.5, 0.6) is 0 Å². The van der Waals surface area contributed by atoms with E-state index in [1.807, 2.05) is 0 Å². The minimum atomic E-state index is -4.98. The Labute approximate surface area is 85.5 Å². The Morgan fingerprint density at radius 3 is 1.94 bits per heavy atom. The molecule has 0 aromatic carbocycles. The highest BCUT2D eigenvalue weighted by Gasteiger charge is 2.38. The van der Waals surface area contributed by atoms with E-state index in [1.54, 1.807) is 0 Å². The molecule has 0 bridgehead atoms. The molecule has 0 atom stereocenters. The van der Waals surface area contributed by atoms with Gasteiger partial charge in [0, 0.05) is 0 Å². The van der Waals surface area contributed by atoms with Gasteiger partial charge in [0.15, 0.2) is 0 Å². The van der Waals surface area contributed by atoms with Crippen molar-refractivity contribution in [2.75, 3.05) is 0 Å². The lowest BCUT2D eigenvalue weighted by Gasteiger charge is -2.12. The van der Waals surface area contributed by atoms with Gasteiger partial charge >= 0.3 is 12.4 Å². The Morgan fingerprint density at radius 2 is 1.56 bits per heavy atom. The number of aliphatic hydroxyl groups is 1. The number of aliphatic hydroxyl groups excluding tert-OH is 1. The second-order valence-electron chi connectivity index (χ2n) is 2.89. The topological polar surface area (TPSA) is 33.1 Å². The molecule has 8 heteroatoms. The summed E-state index contributed by atoms with van der Waals surface area (Å²) in [6.45, 7) is -0.993. The highest BCUT2D eigenvalue weighted by atomic mass is 19.4. The van der Waals surface area contributed by atoms with Crippen molar-refractivity contribution in [1.82, 2.24) is 4.98 Å². The van der Waals surface area contributed by atoms with E-state index in [0.717, 1.165) is 0 Å². The molecule has 0 spiro atoms. The van der Waals surface area contributed by atoms with Gasteiger partial charge in [-0.15, -0.1) is 0 Å². The zero-order chi connectivity index (χ0) is 12.6. The quantitative estimate of drug-likeness (QED) is 0.771. The van der Waals surface area contributed by atoms with E-state index in [-0.39, 0.29) is 6.07 Å². The van der Waals surface area contributed by atoms with Gasteiger partial charge in [0.1, 0.15) is 5.69 Å². The summed E-state index contributed by atoms with van der Waals surface area (Å²) in [7, 11) is 0. The van der Waals surface area contributed by atoms with E-state index < -0.39 is 35.9 Å². The van der Waals surface area contributed by atoms with Crippen molar-refractivity contribution in [2.45, 2.75) is 19.0 Å². The van der Waals surface area contributed by atoms with Gasteiger partial charge in [0.25, 0.3) is 0 Å². The smallest absolute Gasteiger partial charge is 0.390 e. The molecular weight excluding hydrogens is 240 g/mol. The van der Waals surface area contributed by atoms with Crippen molar-refractivity contribution in [3.63, 3.8) is 0 Å². The van der Waals surface area contributed by atoms with Crippen LogP contribution in [0.4, 0.5) is 26.3 Å². The average Bonchev–Trinajstić information content (AvgIpc) is 2.14. The zero-order valence-electron chi connectivity index (χ0n) is 7.52. The third-order valence-corrected chi connectivity index (χ3v) is 1.66. The van der Waals surface area contributed by atoms with Crippen LogP contribution in [0.3, 0.4) is 0 Å². The summed E-state index contributed by atoms with van der Waals surface area (Å²) in [6, 6.07) is 0.272. The first-order chi connectivity index (χ1) is 7.14. The first kappa shape index (κ1) is 12.8. The van der Waals surface area contributed by atoms with E-state index in [2.05, 4.69) is 4.98 Å². The minimum absolute atomic E-state index is 0.0981. The predicted octanol–water partition coefficient (Wildman–Crippen LogP) is 2.61. The van der Waals surface area contributed by atoms with Crippen molar-refractivity contribution in [1.29, 1.82) is 0 Å². The van der Waals surface area contributed by atoms with Crippen LogP contribution in [-0.4, -0.2) is 10.1 Å². The molecule has 2 nitrogen and oxygen atoms in total. The maximum atomic E-state index is 12.2. The number of nitrogens with zero attached hydrogens (tertiary/aromatic N) is 1. The number of halogens is 6. The summed E-state index contributed by atoms with van der Waals surface area (Å²) < 4.78 is 73.1. The van der Waals surface area contributed by atoms with Crippen LogP contribution in [0.2, 0.25) is 0 Å². The molecule has 1 heterocycles. The number of rotatable bonds is 1. The fourth-order valence-electron chi connectivity index (χ4n) is 0.978.